The molecule has 86 valence electrons. The average molecular weight is 242 g/mol. The number of hydrogen-bond donors (Lipinski definition) is 0. The van der Waals surface area contributed by atoms with Crippen LogP contribution in [0.25, 0.3) is 0 Å². The summed E-state index contributed by atoms with van der Waals surface area (Å²) in [5.74, 6) is 0.521. The molecule has 0 aliphatic carbocycles. The number of anilines is 1. The molecule has 0 aromatic carbocycles. The van der Waals surface area contributed by atoms with Crippen molar-refractivity contribution in [3.05, 3.63) is 17.5 Å². The Hall–Kier alpha value is -1.36. The first-order chi connectivity index (χ1) is 7.70. The lowest BCUT2D eigenvalue weighted by atomic mass is 10.1. The molecule has 0 bridgehead atoms. The van der Waals surface area contributed by atoms with Gasteiger partial charge in [-0.1, -0.05) is 11.6 Å². The van der Waals surface area contributed by atoms with Gasteiger partial charge in [0, 0.05) is 19.2 Å². The molecule has 0 radical (unpaired) electrons. The van der Waals surface area contributed by atoms with Crippen LogP contribution in [0.4, 0.5) is 5.82 Å². The summed E-state index contributed by atoms with van der Waals surface area (Å²) >= 11 is 5.78. The molecule has 6 heteroatoms. The molecule has 0 amide bonds. The molecule has 2 rings (SSSR count). The Morgan fingerprint density at radius 2 is 2.44 bits per heavy atom. The fourth-order valence-electron chi connectivity index (χ4n) is 1.82. The van der Waals surface area contributed by atoms with Crippen molar-refractivity contribution in [3.63, 3.8) is 0 Å². The predicted octanol–water partition coefficient (Wildman–Crippen LogP) is 1.13. The van der Waals surface area contributed by atoms with Gasteiger partial charge in [-0.25, -0.2) is 9.97 Å². The highest BCUT2D eigenvalue weighted by Gasteiger charge is 2.29. The first-order valence-corrected chi connectivity index (χ1v) is 5.39. The Bertz CT molecular complexity index is 399. The lowest BCUT2D eigenvalue weighted by Crippen LogP contribution is -2.24. The van der Waals surface area contributed by atoms with E-state index in [1.807, 2.05) is 4.90 Å². The van der Waals surface area contributed by atoms with E-state index < -0.39 is 0 Å². The van der Waals surface area contributed by atoms with Gasteiger partial charge in [0.2, 0.25) is 0 Å². The predicted molar refractivity (Wildman–Crippen MR) is 59.4 cm³/mol. The van der Waals surface area contributed by atoms with Crippen molar-refractivity contribution in [2.24, 2.45) is 5.92 Å². The van der Waals surface area contributed by atoms with E-state index in [-0.39, 0.29) is 11.9 Å². The number of nitrogens with zero attached hydrogens (tertiary/aromatic N) is 3. The van der Waals surface area contributed by atoms with Gasteiger partial charge in [0.05, 0.1) is 13.0 Å². The van der Waals surface area contributed by atoms with Crippen LogP contribution in [-0.2, 0) is 9.53 Å². The zero-order valence-electron chi connectivity index (χ0n) is 8.89. The summed E-state index contributed by atoms with van der Waals surface area (Å²) in [7, 11) is 1.41. The lowest BCUT2D eigenvalue weighted by Gasteiger charge is -2.16. The molecule has 1 fully saturated rings. The monoisotopic (exact) mass is 241 g/mol. The van der Waals surface area contributed by atoms with Crippen LogP contribution in [0.5, 0.6) is 0 Å². The van der Waals surface area contributed by atoms with Crippen LogP contribution >= 0.6 is 11.6 Å². The van der Waals surface area contributed by atoms with E-state index in [1.54, 1.807) is 6.07 Å². The summed E-state index contributed by atoms with van der Waals surface area (Å²) in [5, 5.41) is 0.409. The zero-order valence-corrected chi connectivity index (χ0v) is 9.65. The van der Waals surface area contributed by atoms with Gasteiger partial charge in [0.15, 0.2) is 0 Å². The van der Waals surface area contributed by atoms with Crippen LogP contribution in [0.1, 0.15) is 6.42 Å². The van der Waals surface area contributed by atoms with Crippen LogP contribution in [-0.4, -0.2) is 36.1 Å². The normalized spacial score (nSPS) is 19.9. The van der Waals surface area contributed by atoms with Gasteiger partial charge in [-0.05, 0) is 6.42 Å². The summed E-state index contributed by atoms with van der Waals surface area (Å²) < 4.78 is 4.72. The largest absolute Gasteiger partial charge is 0.469 e. The first kappa shape index (κ1) is 11.1. The molecule has 2 heterocycles. The summed E-state index contributed by atoms with van der Waals surface area (Å²) in [4.78, 5) is 21.3. The Morgan fingerprint density at radius 1 is 1.62 bits per heavy atom. The first-order valence-electron chi connectivity index (χ1n) is 5.01. The van der Waals surface area contributed by atoms with Crippen molar-refractivity contribution < 1.29 is 9.53 Å². The molecule has 1 aromatic heterocycles. The zero-order chi connectivity index (χ0) is 11.5. The Morgan fingerprint density at radius 3 is 3.12 bits per heavy atom. The van der Waals surface area contributed by atoms with Crippen molar-refractivity contribution in [2.75, 3.05) is 25.1 Å². The van der Waals surface area contributed by atoms with Crippen molar-refractivity contribution in [3.8, 4) is 0 Å². The number of hydrogen-bond acceptors (Lipinski definition) is 5. The quantitative estimate of drug-likeness (QED) is 0.574. The van der Waals surface area contributed by atoms with Crippen molar-refractivity contribution in [1.82, 2.24) is 9.97 Å². The van der Waals surface area contributed by atoms with Crippen LogP contribution < -0.4 is 4.90 Å². The summed E-state index contributed by atoms with van der Waals surface area (Å²) in [5.41, 5.74) is 0. The molecule has 1 aliphatic heterocycles. The second-order valence-electron chi connectivity index (χ2n) is 3.65. The maximum absolute atomic E-state index is 11.4. The molecule has 0 unspecified atom stereocenters. The number of carbonyl (C=O) groups excluding carboxylic acids is 1. The van der Waals surface area contributed by atoms with Gasteiger partial charge < -0.3 is 9.64 Å². The number of aromatic nitrogens is 2. The molecule has 5 nitrogen and oxygen atoms in total. The molecular formula is C10H12ClN3O2. The SMILES string of the molecule is COC(=O)[C@@H]1CCN(c2cc(Cl)ncn2)C1. The highest BCUT2D eigenvalue weighted by atomic mass is 35.5. The lowest BCUT2D eigenvalue weighted by molar-refractivity contribution is -0.144. The van der Waals surface area contributed by atoms with E-state index in [0.29, 0.717) is 11.7 Å². The summed E-state index contributed by atoms with van der Waals surface area (Å²) in [6, 6.07) is 1.70. The second-order valence-corrected chi connectivity index (χ2v) is 4.04. The third-order valence-corrected chi connectivity index (χ3v) is 2.87. The molecule has 0 spiro atoms. The molecule has 0 N–H and O–H groups in total. The van der Waals surface area contributed by atoms with E-state index in [1.165, 1.54) is 13.4 Å². The van der Waals surface area contributed by atoms with Gasteiger partial charge in [0.25, 0.3) is 0 Å². The maximum atomic E-state index is 11.4. The van der Waals surface area contributed by atoms with Crippen molar-refractivity contribution in [1.29, 1.82) is 0 Å². The van der Waals surface area contributed by atoms with Crippen molar-refractivity contribution >= 4 is 23.4 Å². The molecule has 16 heavy (non-hydrogen) atoms. The number of halogens is 1. The van der Waals surface area contributed by atoms with Crippen LogP contribution in [0.3, 0.4) is 0 Å². The average Bonchev–Trinajstić information content (AvgIpc) is 2.77. The Balaban J connectivity index is 2.06. The number of methoxy groups -OCH3 is 1. The highest BCUT2D eigenvalue weighted by Crippen LogP contribution is 2.23. The van der Waals surface area contributed by atoms with Gasteiger partial charge in [-0.3, -0.25) is 4.79 Å². The summed E-state index contributed by atoms with van der Waals surface area (Å²) in [6.07, 6.45) is 2.21. The molecule has 1 aromatic rings. The minimum atomic E-state index is -0.164. The molecule has 1 saturated heterocycles. The topological polar surface area (TPSA) is 55.3 Å². The van der Waals surface area contributed by atoms with Gasteiger partial charge >= 0.3 is 5.97 Å². The van der Waals surface area contributed by atoms with E-state index in [9.17, 15) is 4.79 Å². The minimum absolute atomic E-state index is 0.0706. The van der Waals surface area contributed by atoms with Gasteiger partial charge in [-0.15, -0.1) is 0 Å². The number of esters is 1. The van der Waals surface area contributed by atoms with Gasteiger partial charge in [0.1, 0.15) is 17.3 Å². The van der Waals surface area contributed by atoms with Crippen LogP contribution in [0.2, 0.25) is 5.15 Å². The fourth-order valence-corrected chi connectivity index (χ4v) is 1.97. The smallest absolute Gasteiger partial charge is 0.310 e. The number of carbonyl (C=O) groups is 1. The minimum Gasteiger partial charge on any atom is -0.469 e. The Labute approximate surface area is 98.4 Å². The van der Waals surface area contributed by atoms with Crippen LogP contribution in [0.15, 0.2) is 12.4 Å². The molecule has 0 saturated carbocycles. The van der Waals surface area contributed by atoms with E-state index >= 15 is 0 Å². The maximum Gasteiger partial charge on any atom is 0.310 e. The summed E-state index contributed by atoms with van der Waals surface area (Å²) in [6.45, 7) is 1.41. The molecular weight excluding hydrogens is 230 g/mol. The Kier molecular flexibility index (Phi) is 3.24. The molecule has 1 atom stereocenters. The highest BCUT2D eigenvalue weighted by molar-refractivity contribution is 6.29. The third kappa shape index (κ3) is 2.24. The van der Waals surface area contributed by atoms with Crippen LogP contribution in [0, 0.1) is 5.92 Å². The molecule has 1 aliphatic rings. The van der Waals surface area contributed by atoms with E-state index in [0.717, 1.165) is 18.8 Å². The number of ether oxygens (including phenoxy) is 1. The number of rotatable bonds is 2. The van der Waals surface area contributed by atoms with Gasteiger partial charge in [-0.2, -0.15) is 0 Å². The van der Waals surface area contributed by atoms with E-state index in [2.05, 4.69) is 9.97 Å². The van der Waals surface area contributed by atoms with E-state index in [4.69, 9.17) is 16.3 Å². The fraction of sp³-hybridized carbons (Fsp3) is 0.500. The third-order valence-electron chi connectivity index (χ3n) is 2.67. The standard InChI is InChI=1S/C10H12ClN3O2/c1-16-10(15)7-2-3-14(5-7)9-4-8(11)12-6-13-9/h4,6-7H,2-3,5H2,1H3/t7-/m1/s1. The second kappa shape index (κ2) is 4.65. The van der Waals surface area contributed by atoms with Crippen molar-refractivity contribution in [2.45, 2.75) is 6.42 Å².